The van der Waals surface area contributed by atoms with Gasteiger partial charge in [-0.2, -0.15) is 11.3 Å². The van der Waals surface area contributed by atoms with E-state index in [-0.39, 0.29) is 6.42 Å². The highest BCUT2D eigenvalue weighted by Gasteiger charge is 2.26. The van der Waals surface area contributed by atoms with Crippen LogP contribution in [0.2, 0.25) is 0 Å². The lowest BCUT2D eigenvalue weighted by molar-refractivity contribution is -0.154. The average molecular weight is 395 g/mol. The monoisotopic (exact) mass is 395 g/mol. The van der Waals surface area contributed by atoms with E-state index in [9.17, 15) is 9.59 Å². The van der Waals surface area contributed by atoms with E-state index >= 15 is 0 Å². The first-order valence-corrected chi connectivity index (χ1v) is 9.72. The molecule has 1 atom stereocenters. The number of nitrogens with one attached hydrogen (secondary N) is 1. The Bertz CT molecular complexity index is 938. The van der Waals surface area contributed by atoms with Gasteiger partial charge in [0.05, 0.1) is 19.2 Å². The molecule has 0 spiro atoms. The lowest BCUT2D eigenvalue weighted by atomic mass is 10.1. The van der Waals surface area contributed by atoms with Crippen molar-refractivity contribution < 1.29 is 19.1 Å². The Kier molecular flexibility index (Phi) is 6.45. The molecule has 0 aliphatic heterocycles. The zero-order valence-corrected chi connectivity index (χ0v) is 16.5. The van der Waals surface area contributed by atoms with E-state index in [4.69, 9.17) is 9.47 Å². The Morgan fingerprint density at radius 3 is 2.57 bits per heavy atom. The van der Waals surface area contributed by atoms with E-state index in [1.165, 1.54) is 18.4 Å². The van der Waals surface area contributed by atoms with Gasteiger partial charge in [-0.15, -0.1) is 0 Å². The summed E-state index contributed by atoms with van der Waals surface area (Å²) >= 11 is 1.51. The van der Waals surface area contributed by atoms with E-state index in [0.717, 1.165) is 11.1 Å². The van der Waals surface area contributed by atoms with Crippen molar-refractivity contribution >= 4 is 28.9 Å². The number of benzene rings is 2. The number of rotatable bonds is 7. The van der Waals surface area contributed by atoms with Gasteiger partial charge in [-0.3, -0.25) is 9.59 Å². The molecule has 1 heterocycles. The normalized spacial score (nSPS) is 11.5. The Balaban J connectivity index is 1.81. The third-order valence-electron chi connectivity index (χ3n) is 4.13. The third kappa shape index (κ3) is 4.98. The predicted molar refractivity (Wildman–Crippen MR) is 110 cm³/mol. The van der Waals surface area contributed by atoms with Crippen LogP contribution in [0.15, 0.2) is 65.4 Å². The number of amides is 1. The number of carbonyl (C=O) groups is 2. The van der Waals surface area contributed by atoms with Gasteiger partial charge in [0.15, 0.2) is 0 Å². The van der Waals surface area contributed by atoms with E-state index in [1.807, 2.05) is 41.9 Å². The fourth-order valence-electron chi connectivity index (χ4n) is 2.75. The number of esters is 1. The molecule has 0 unspecified atom stereocenters. The lowest BCUT2D eigenvalue weighted by Crippen LogP contribution is -2.26. The summed E-state index contributed by atoms with van der Waals surface area (Å²) in [6.07, 6.45) is -0.939. The van der Waals surface area contributed by atoms with E-state index in [2.05, 4.69) is 5.32 Å². The topological polar surface area (TPSA) is 64.6 Å². The zero-order chi connectivity index (χ0) is 19.9. The van der Waals surface area contributed by atoms with Gasteiger partial charge in [0.25, 0.3) is 5.91 Å². The van der Waals surface area contributed by atoms with Crippen molar-refractivity contribution in [2.24, 2.45) is 0 Å². The molecule has 0 aliphatic carbocycles. The maximum atomic E-state index is 13.0. The number of hydrogen-bond acceptors (Lipinski definition) is 5. The number of anilines is 1. The summed E-state index contributed by atoms with van der Waals surface area (Å²) < 4.78 is 10.9. The molecule has 6 heteroatoms. The van der Waals surface area contributed by atoms with E-state index in [1.54, 1.807) is 30.3 Å². The minimum Gasteiger partial charge on any atom is -0.495 e. The van der Waals surface area contributed by atoms with Crippen molar-refractivity contribution in [3.8, 4) is 5.75 Å². The molecule has 144 valence electrons. The summed E-state index contributed by atoms with van der Waals surface area (Å²) in [5.41, 5.74) is 2.97. The highest BCUT2D eigenvalue weighted by molar-refractivity contribution is 7.08. The number of aryl methyl sites for hydroxylation is 1. The molecule has 0 saturated carbocycles. The van der Waals surface area contributed by atoms with Gasteiger partial charge in [-0.1, -0.05) is 36.4 Å². The van der Waals surface area contributed by atoms with Gasteiger partial charge in [0.1, 0.15) is 5.75 Å². The molecule has 1 amide bonds. The fraction of sp³-hybridized carbons (Fsp3) is 0.182. The molecule has 1 N–H and O–H groups in total. The van der Waals surface area contributed by atoms with Gasteiger partial charge >= 0.3 is 5.97 Å². The highest BCUT2D eigenvalue weighted by Crippen LogP contribution is 2.28. The Labute approximate surface area is 167 Å². The van der Waals surface area contributed by atoms with Crippen LogP contribution >= 0.6 is 11.3 Å². The van der Waals surface area contributed by atoms with Crippen LogP contribution in [0.4, 0.5) is 5.69 Å². The number of ether oxygens (including phenoxy) is 2. The summed E-state index contributed by atoms with van der Waals surface area (Å²) in [5, 5.41) is 6.61. The van der Waals surface area contributed by atoms with Crippen molar-refractivity contribution in [3.63, 3.8) is 0 Å². The average Bonchev–Trinajstić information content (AvgIpc) is 3.20. The van der Waals surface area contributed by atoms with Crippen LogP contribution < -0.4 is 10.1 Å². The van der Waals surface area contributed by atoms with Gasteiger partial charge in [-0.25, -0.2) is 0 Å². The molecule has 3 rings (SSSR count). The number of hydrogen-bond donors (Lipinski definition) is 1. The third-order valence-corrected chi connectivity index (χ3v) is 4.86. The second-order valence-electron chi connectivity index (χ2n) is 6.28. The second kappa shape index (κ2) is 9.19. The summed E-state index contributed by atoms with van der Waals surface area (Å²) in [7, 11) is 1.54. The summed E-state index contributed by atoms with van der Waals surface area (Å²) in [5.74, 6) is -0.359. The second-order valence-corrected chi connectivity index (χ2v) is 7.06. The first-order valence-electron chi connectivity index (χ1n) is 8.78. The first kappa shape index (κ1) is 19.6. The molecule has 0 fully saturated rings. The molecule has 5 nitrogen and oxygen atoms in total. The molecule has 3 aromatic rings. The number of carbonyl (C=O) groups excluding carboxylic acids is 2. The Hall–Kier alpha value is -3.12. The smallest absolute Gasteiger partial charge is 0.311 e. The summed E-state index contributed by atoms with van der Waals surface area (Å²) in [4.78, 5) is 25.4. The van der Waals surface area contributed by atoms with Crippen LogP contribution in [0, 0.1) is 6.92 Å². The van der Waals surface area contributed by atoms with Gasteiger partial charge in [0.2, 0.25) is 6.10 Å². The van der Waals surface area contributed by atoms with Crippen molar-refractivity contribution in [2.45, 2.75) is 19.4 Å². The lowest BCUT2D eigenvalue weighted by Gasteiger charge is -2.19. The molecule has 0 aliphatic rings. The van der Waals surface area contributed by atoms with Crippen LogP contribution in [0.5, 0.6) is 5.75 Å². The van der Waals surface area contributed by atoms with Crippen LogP contribution in [0.3, 0.4) is 0 Å². The van der Waals surface area contributed by atoms with Crippen LogP contribution in [-0.2, 0) is 20.7 Å². The summed E-state index contributed by atoms with van der Waals surface area (Å²) in [6, 6.07) is 16.3. The zero-order valence-electron chi connectivity index (χ0n) is 15.7. The quantitative estimate of drug-likeness (QED) is 0.597. The summed E-state index contributed by atoms with van der Waals surface area (Å²) in [6.45, 7) is 1.92. The molecule has 0 radical (unpaired) electrons. The van der Waals surface area contributed by atoms with Gasteiger partial charge < -0.3 is 14.8 Å². The van der Waals surface area contributed by atoms with Crippen LogP contribution in [0.1, 0.15) is 22.8 Å². The van der Waals surface area contributed by atoms with Crippen molar-refractivity contribution in [1.29, 1.82) is 0 Å². The standard InChI is InChI=1S/C22H21NO4S/c1-15-8-9-19(26-2)18(12-15)23-22(25)21(17-6-4-3-5-7-17)27-20(24)13-16-10-11-28-14-16/h3-12,14,21H,13H2,1-2H3,(H,23,25)/t21-/m0/s1. The Morgan fingerprint density at radius 2 is 1.89 bits per heavy atom. The first-order chi connectivity index (χ1) is 13.6. The number of thiophene rings is 1. The Morgan fingerprint density at radius 1 is 1.11 bits per heavy atom. The van der Waals surface area contributed by atoms with Crippen molar-refractivity contribution in [3.05, 3.63) is 82.0 Å². The van der Waals surface area contributed by atoms with Crippen molar-refractivity contribution in [1.82, 2.24) is 0 Å². The number of methoxy groups -OCH3 is 1. The highest BCUT2D eigenvalue weighted by atomic mass is 32.1. The van der Waals surface area contributed by atoms with Gasteiger partial charge in [0, 0.05) is 5.56 Å². The molecule has 0 saturated heterocycles. The minimum atomic E-state index is -1.06. The molecular formula is C22H21NO4S. The molecule has 1 aromatic heterocycles. The molecule has 28 heavy (non-hydrogen) atoms. The molecule has 0 bridgehead atoms. The fourth-order valence-corrected chi connectivity index (χ4v) is 3.42. The van der Waals surface area contributed by atoms with Crippen LogP contribution in [0.25, 0.3) is 0 Å². The van der Waals surface area contributed by atoms with Gasteiger partial charge in [-0.05, 0) is 47.0 Å². The predicted octanol–water partition coefficient (Wildman–Crippen LogP) is 4.53. The SMILES string of the molecule is COc1ccc(C)cc1NC(=O)[C@@H](OC(=O)Cc1ccsc1)c1ccccc1. The molecule has 2 aromatic carbocycles. The van der Waals surface area contributed by atoms with Crippen molar-refractivity contribution in [2.75, 3.05) is 12.4 Å². The maximum Gasteiger partial charge on any atom is 0.311 e. The maximum absolute atomic E-state index is 13.0. The minimum absolute atomic E-state index is 0.119. The van der Waals surface area contributed by atoms with Crippen LogP contribution in [-0.4, -0.2) is 19.0 Å². The van der Waals surface area contributed by atoms with E-state index in [0.29, 0.717) is 17.0 Å². The van der Waals surface area contributed by atoms with E-state index < -0.39 is 18.0 Å². The largest absolute Gasteiger partial charge is 0.495 e. The molecular weight excluding hydrogens is 374 g/mol.